The predicted molar refractivity (Wildman–Crippen MR) is 87.4 cm³/mol. The van der Waals surface area contributed by atoms with Gasteiger partial charge >= 0.3 is 0 Å². The van der Waals surface area contributed by atoms with Crippen molar-refractivity contribution in [3.63, 3.8) is 0 Å². The summed E-state index contributed by atoms with van der Waals surface area (Å²) < 4.78 is 0. The molecule has 0 aliphatic rings. The molecule has 1 atom stereocenters. The van der Waals surface area contributed by atoms with E-state index >= 15 is 0 Å². The van der Waals surface area contributed by atoms with Crippen LogP contribution < -0.4 is 5.32 Å². The van der Waals surface area contributed by atoms with Crippen molar-refractivity contribution in [2.75, 3.05) is 6.54 Å². The molecule has 0 saturated heterocycles. The Morgan fingerprint density at radius 2 is 2.10 bits per heavy atom. The molecule has 1 aromatic heterocycles. The Hall–Kier alpha value is -1.19. The minimum Gasteiger partial charge on any atom is -0.306 e. The molecule has 0 aliphatic heterocycles. The van der Waals surface area contributed by atoms with Gasteiger partial charge in [0, 0.05) is 11.1 Å². The van der Waals surface area contributed by atoms with E-state index in [-0.39, 0.29) is 6.04 Å². The van der Waals surface area contributed by atoms with E-state index in [1.807, 2.05) is 6.20 Å². The van der Waals surface area contributed by atoms with Crippen LogP contribution in [0.2, 0.25) is 0 Å². The fourth-order valence-electron chi connectivity index (χ4n) is 2.47. The Bertz CT molecular complexity index is 545. The van der Waals surface area contributed by atoms with Gasteiger partial charge in [-0.2, -0.15) is 0 Å². The zero-order valence-electron chi connectivity index (χ0n) is 12.8. The number of thiazole rings is 1. The zero-order chi connectivity index (χ0) is 14.5. The van der Waals surface area contributed by atoms with Crippen molar-refractivity contribution in [3.05, 3.63) is 51.5 Å². The summed E-state index contributed by atoms with van der Waals surface area (Å²) in [4.78, 5) is 5.69. The number of hydrogen-bond acceptors (Lipinski definition) is 3. The van der Waals surface area contributed by atoms with Crippen LogP contribution in [0.5, 0.6) is 0 Å². The molecule has 0 fully saturated rings. The number of nitrogens with one attached hydrogen (secondary N) is 1. The summed E-state index contributed by atoms with van der Waals surface area (Å²) in [7, 11) is 0. The first-order valence-corrected chi connectivity index (χ1v) is 8.16. The number of hydrogen-bond donors (Lipinski definition) is 1. The second kappa shape index (κ2) is 7.00. The van der Waals surface area contributed by atoms with Gasteiger partial charge in [0.2, 0.25) is 0 Å². The standard InChI is InChI=1S/C17H24N2S/c1-5-18-17(16-11-19-13(4)20-16)15-8-6-7-14(10-15)9-12(2)3/h6-8,10-12,17-18H,5,9H2,1-4H3. The molecule has 1 heterocycles. The Morgan fingerprint density at radius 3 is 2.70 bits per heavy atom. The van der Waals surface area contributed by atoms with Gasteiger partial charge in [-0.1, -0.05) is 45.0 Å². The molecule has 1 N–H and O–H groups in total. The van der Waals surface area contributed by atoms with E-state index in [0.717, 1.165) is 18.0 Å². The molecule has 1 aromatic carbocycles. The molecule has 2 nitrogen and oxygen atoms in total. The van der Waals surface area contributed by atoms with Gasteiger partial charge in [0.05, 0.1) is 11.0 Å². The quantitative estimate of drug-likeness (QED) is 0.855. The van der Waals surface area contributed by atoms with Crippen LogP contribution in [0.1, 0.15) is 47.8 Å². The monoisotopic (exact) mass is 288 g/mol. The van der Waals surface area contributed by atoms with Crippen molar-refractivity contribution in [3.8, 4) is 0 Å². The second-order valence-corrected chi connectivity index (χ2v) is 6.88. The SMILES string of the molecule is CCNC(c1cccc(CC(C)C)c1)c1cnc(C)s1. The third kappa shape index (κ3) is 3.90. The van der Waals surface area contributed by atoms with Gasteiger partial charge in [0.25, 0.3) is 0 Å². The summed E-state index contributed by atoms with van der Waals surface area (Å²) in [6.45, 7) is 9.70. The molecule has 2 rings (SSSR count). The van der Waals surface area contributed by atoms with E-state index in [0.29, 0.717) is 5.92 Å². The van der Waals surface area contributed by atoms with Crippen molar-refractivity contribution < 1.29 is 0 Å². The van der Waals surface area contributed by atoms with E-state index in [2.05, 4.69) is 62.3 Å². The molecule has 0 radical (unpaired) electrons. The first-order valence-electron chi connectivity index (χ1n) is 7.34. The number of rotatable bonds is 6. The molecule has 20 heavy (non-hydrogen) atoms. The third-order valence-corrected chi connectivity index (χ3v) is 4.24. The molecular formula is C17H24N2S. The first kappa shape index (κ1) is 15.2. The normalized spacial score (nSPS) is 12.8. The summed E-state index contributed by atoms with van der Waals surface area (Å²) >= 11 is 1.78. The topological polar surface area (TPSA) is 24.9 Å². The van der Waals surface area contributed by atoms with Crippen molar-refractivity contribution in [2.45, 2.75) is 40.2 Å². The van der Waals surface area contributed by atoms with Crippen LogP contribution in [0.25, 0.3) is 0 Å². The van der Waals surface area contributed by atoms with E-state index < -0.39 is 0 Å². The molecule has 1 unspecified atom stereocenters. The van der Waals surface area contributed by atoms with E-state index in [9.17, 15) is 0 Å². The van der Waals surface area contributed by atoms with Crippen molar-refractivity contribution >= 4 is 11.3 Å². The van der Waals surface area contributed by atoms with Crippen molar-refractivity contribution in [2.24, 2.45) is 5.92 Å². The van der Waals surface area contributed by atoms with Gasteiger partial charge in [-0.15, -0.1) is 11.3 Å². The van der Waals surface area contributed by atoms with Crippen LogP contribution in [-0.4, -0.2) is 11.5 Å². The summed E-state index contributed by atoms with van der Waals surface area (Å²) in [6.07, 6.45) is 3.14. The van der Waals surface area contributed by atoms with Gasteiger partial charge in [0.1, 0.15) is 0 Å². The molecule has 0 amide bonds. The third-order valence-electron chi connectivity index (χ3n) is 3.26. The van der Waals surface area contributed by atoms with E-state index in [1.165, 1.54) is 16.0 Å². The van der Waals surface area contributed by atoms with E-state index in [4.69, 9.17) is 0 Å². The molecule has 0 spiro atoms. The van der Waals surface area contributed by atoms with Gasteiger partial charge in [-0.3, -0.25) is 0 Å². The molecule has 0 aliphatic carbocycles. The van der Waals surface area contributed by atoms with Gasteiger partial charge < -0.3 is 5.32 Å². The first-order chi connectivity index (χ1) is 9.60. The van der Waals surface area contributed by atoms with Crippen molar-refractivity contribution in [1.82, 2.24) is 10.3 Å². The summed E-state index contributed by atoms with van der Waals surface area (Å²) in [6, 6.07) is 9.21. The minimum atomic E-state index is 0.262. The van der Waals surface area contributed by atoms with Gasteiger partial charge in [0.15, 0.2) is 0 Å². The van der Waals surface area contributed by atoms with Crippen molar-refractivity contribution in [1.29, 1.82) is 0 Å². The number of nitrogens with zero attached hydrogens (tertiary/aromatic N) is 1. The van der Waals surface area contributed by atoms with E-state index in [1.54, 1.807) is 11.3 Å². The smallest absolute Gasteiger partial charge is 0.0897 e. The van der Waals surface area contributed by atoms with Crippen LogP contribution in [0.3, 0.4) is 0 Å². The number of aryl methyl sites for hydroxylation is 1. The fraction of sp³-hybridized carbons (Fsp3) is 0.471. The highest BCUT2D eigenvalue weighted by Crippen LogP contribution is 2.27. The Morgan fingerprint density at radius 1 is 1.30 bits per heavy atom. The lowest BCUT2D eigenvalue weighted by molar-refractivity contribution is 0.629. The lowest BCUT2D eigenvalue weighted by Gasteiger charge is -2.18. The van der Waals surface area contributed by atoms with Crippen LogP contribution >= 0.6 is 11.3 Å². The molecule has 2 aromatic rings. The molecule has 108 valence electrons. The molecule has 0 bridgehead atoms. The lowest BCUT2D eigenvalue weighted by atomic mass is 9.98. The fourth-order valence-corrected chi connectivity index (χ4v) is 3.36. The van der Waals surface area contributed by atoms with Gasteiger partial charge in [-0.25, -0.2) is 4.98 Å². The predicted octanol–water partition coefficient (Wildman–Crippen LogP) is 4.35. The van der Waals surface area contributed by atoms with Crippen LogP contribution in [0, 0.1) is 12.8 Å². The average molecular weight is 288 g/mol. The lowest BCUT2D eigenvalue weighted by Crippen LogP contribution is -2.21. The summed E-state index contributed by atoms with van der Waals surface area (Å²) in [5.74, 6) is 0.688. The van der Waals surface area contributed by atoms with Gasteiger partial charge in [-0.05, 0) is 36.9 Å². The number of aromatic nitrogens is 1. The highest BCUT2D eigenvalue weighted by Gasteiger charge is 2.15. The maximum atomic E-state index is 4.39. The zero-order valence-corrected chi connectivity index (χ0v) is 13.6. The largest absolute Gasteiger partial charge is 0.306 e. The maximum Gasteiger partial charge on any atom is 0.0897 e. The Kier molecular flexibility index (Phi) is 5.32. The molecule has 3 heteroatoms. The molecule has 0 saturated carbocycles. The van der Waals surface area contributed by atoms with Crippen LogP contribution in [0.4, 0.5) is 0 Å². The molecular weight excluding hydrogens is 264 g/mol. The summed E-state index contributed by atoms with van der Waals surface area (Å²) in [5, 5.41) is 4.71. The highest BCUT2D eigenvalue weighted by molar-refractivity contribution is 7.11. The highest BCUT2D eigenvalue weighted by atomic mass is 32.1. The Balaban J connectivity index is 2.29. The minimum absolute atomic E-state index is 0.262. The average Bonchev–Trinajstić information content (AvgIpc) is 2.82. The number of benzene rings is 1. The summed E-state index contributed by atoms with van der Waals surface area (Å²) in [5.41, 5.74) is 2.76. The second-order valence-electron chi connectivity index (χ2n) is 5.62. The van der Waals surface area contributed by atoms with Crippen LogP contribution in [0.15, 0.2) is 30.5 Å². The maximum absolute atomic E-state index is 4.39. The Labute approximate surface area is 126 Å². The van der Waals surface area contributed by atoms with Crippen LogP contribution in [-0.2, 0) is 6.42 Å².